The smallest absolute Gasteiger partial charge is 0.121 e. The van der Waals surface area contributed by atoms with Crippen LogP contribution in [0.25, 0.3) is 0 Å². The van der Waals surface area contributed by atoms with Crippen LogP contribution in [0.2, 0.25) is 0 Å². The minimum absolute atomic E-state index is 0.555. The molecule has 1 aromatic rings. The van der Waals surface area contributed by atoms with Crippen molar-refractivity contribution >= 4 is 5.69 Å². The summed E-state index contributed by atoms with van der Waals surface area (Å²) < 4.78 is 5.70. The molecule has 3 nitrogen and oxygen atoms in total. The van der Waals surface area contributed by atoms with Gasteiger partial charge in [-0.15, -0.1) is 0 Å². The Balaban J connectivity index is 2.30. The predicted octanol–water partition coefficient (Wildman–Crippen LogP) is 3.13. The molecule has 0 aliphatic carbocycles. The van der Waals surface area contributed by atoms with E-state index >= 15 is 0 Å². The van der Waals surface area contributed by atoms with E-state index in [0.29, 0.717) is 5.92 Å². The van der Waals surface area contributed by atoms with Gasteiger partial charge in [-0.05, 0) is 31.0 Å². The predicted molar refractivity (Wildman–Crippen MR) is 78.4 cm³/mol. The Labute approximate surface area is 111 Å². The van der Waals surface area contributed by atoms with Gasteiger partial charge in [-0.2, -0.15) is 0 Å². The van der Waals surface area contributed by atoms with Crippen molar-refractivity contribution in [3.05, 3.63) is 24.3 Å². The summed E-state index contributed by atoms with van der Waals surface area (Å²) in [5.41, 5.74) is 1.12. The van der Waals surface area contributed by atoms with Crippen LogP contribution in [-0.2, 0) is 0 Å². The third kappa shape index (κ3) is 6.50. The molecule has 0 fully saturated rings. The number of ether oxygens (including phenoxy) is 1. The molecule has 1 rings (SSSR count). The second-order valence-electron chi connectivity index (χ2n) is 4.91. The van der Waals surface area contributed by atoms with Gasteiger partial charge in [0.1, 0.15) is 5.75 Å². The molecule has 2 N–H and O–H groups in total. The van der Waals surface area contributed by atoms with Crippen LogP contribution >= 0.6 is 0 Å². The molecule has 0 saturated heterocycles. The van der Waals surface area contributed by atoms with Gasteiger partial charge >= 0.3 is 0 Å². The van der Waals surface area contributed by atoms with E-state index in [0.717, 1.165) is 37.7 Å². The summed E-state index contributed by atoms with van der Waals surface area (Å²) in [6.45, 7) is 10.3. The summed E-state index contributed by atoms with van der Waals surface area (Å²) in [5.74, 6) is 1.50. The van der Waals surface area contributed by atoms with Crippen molar-refractivity contribution in [2.75, 3.05) is 31.6 Å². The van der Waals surface area contributed by atoms with Gasteiger partial charge in [0.25, 0.3) is 0 Å². The molecule has 0 aliphatic heterocycles. The van der Waals surface area contributed by atoms with Crippen LogP contribution in [0.15, 0.2) is 24.3 Å². The summed E-state index contributed by atoms with van der Waals surface area (Å²) in [6, 6.07) is 8.16. The average molecular weight is 250 g/mol. The van der Waals surface area contributed by atoms with Crippen LogP contribution in [0.5, 0.6) is 5.75 Å². The van der Waals surface area contributed by atoms with Gasteiger partial charge in [0.05, 0.1) is 6.61 Å². The molecular formula is C15H26N2O. The molecule has 1 aromatic carbocycles. The van der Waals surface area contributed by atoms with E-state index in [1.807, 2.05) is 12.1 Å². The van der Waals surface area contributed by atoms with Gasteiger partial charge in [0.2, 0.25) is 0 Å². The van der Waals surface area contributed by atoms with Gasteiger partial charge in [0.15, 0.2) is 0 Å². The van der Waals surface area contributed by atoms with E-state index in [2.05, 4.69) is 43.5 Å². The van der Waals surface area contributed by atoms with E-state index in [-0.39, 0.29) is 0 Å². The van der Waals surface area contributed by atoms with Crippen molar-refractivity contribution in [2.45, 2.75) is 27.2 Å². The van der Waals surface area contributed by atoms with E-state index in [9.17, 15) is 0 Å². The lowest BCUT2D eigenvalue weighted by atomic mass is 10.2. The Morgan fingerprint density at radius 3 is 2.72 bits per heavy atom. The molecular weight excluding hydrogens is 224 g/mol. The first-order valence-electron chi connectivity index (χ1n) is 6.89. The molecule has 0 bridgehead atoms. The van der Waals surface area contributed by atoms with Crippen molar-refractivity contribution in [3.63, 3.8) is 0 Å². The fraction of sp³-hybridized carbons (Fsp3) is 0.600. The zero-order valence-electron chi connectivity index (χ0n) is 11.8. The van der Waals surface area contributed by atoms with Gasteiger partial charge < -0.3 is 15.4 Å². The lowest BCUT2D eigenvalue weighted by Crippen LogP contribution is -2.22. The molecule has 0 amide bonds. The Hall–Kier alpha value is -1.22. The van der Waals surface area contributed by atoms with E-state index in [1.54, 1.807) is 0 Å². The fourth-order valence-corrected chi connectivity index (χ4v) is 1.56. The molecule has 0 saturated carbocycles. The summed E-state index contributed by atoms with van der Waals surface area (Å²) in [5, 5.41) is 6.76. The monoisotopic (exact) mass is 250 g/mol. The normalized spacial score (nSPS) is 10.7. The molecule has 18 heavy (non-hydrogen) atoms. The highest BCUT2D eigenvalue weighted by atomic mass is 16.5. The van der Waals surface area contributed by atoms with Crippen LogP contribution < -0.4 is 15.4 Å². The average Bonchev–Trinajstić information content (AvgIpc) is 2.37. The van der Waals surface area contributed by atoms with Crippen molar-refractivity contribution in [3.8, 4) is 5.75 Å². The number of hydrogen-bond donors (Lipinski definition) is 2. The molecule has 0 heterocycles. The van der Waals surface area contributed by atoms with Crippen molar-refractivity contribution in [2.24, 2.45) is 5.92 Å². The Kier molecular flexibility index (Phi) is 7.26. The quantitative estimate of drug-likeness (QED) is 0.661. The largest absolute Gasteiger partial charge is 0.493 e. The third-order valence-corrected chi connectivity index (χ3v) is 2.48. The number of anilines is 1. The molecule has 0 spiro atoms. The van der Waals surface area contributed by atoms with Gasteiger partial charge in [-0.1, -0.05) is 26.8 Å². The molecule has 102 valence electrons. The molecule has 0 unspecified atom stereocenters. The van der Waals surface area contributed by atoms with Crippen LogP contribution in [0, 0.1) is 5.92 Å². The van der Waals surface area contributed by atoms with E-state index < -0.39 is 0 Å². The SMILES string of the molecule is CCCNCCNc1cccc(OCC(C)C)c1. The van der Waals surface area contributed by atoms with Crippen molar-refractivity contribution in [1.82, 2.24) is 5.32 Å². The second kappa shape index (κ2) is 8.81. The first kappa shape index (κ1) is 14.8. The van der Waals surface area contributed by atoms with Gasteiger partial charge in [-0.25, -0.2) is 0 Å². The lowest BCUT2D eigenvalue weighted by Gasteiger charge is -2.11. The topological polar surface area (TPSA) is 33.3 Å². The third-order valence-electron chi connectivity index (χ3n) is 2.48. The highest BCUT2D eigenvalue weighted by molar-refractivity contribution is 5.48. The number of rotatable bonds is 9. The highest BCUT2D eigenvalue weighted by Gasteiger charge is 1.98. The van der Waals surface area contributed by atoms with Gasteiger partial charge in [-0.3, -0.25) is 0 Å². The maximum atomic E-state index is 5.70. The Morgan fingerprint density at radius 1 is 1.17 bits per heavy atom. The Bertz CT molecular complexity index is 326. The van der Waals surface area contributed by atoms with Crippen LogP contribution in [0.4, 0.5) is 5.69 Å². The Morgan fingerprint density at radius 2 is 2.00 bits per heavy atom. The van der Waals surface area contributed by atoms with Crippen molar-refractivity contribution in [1.29, 1.82) is 0 Å². The number of nitrogens with one attached hydrogen (secondary N) is 2. The summed E-state index contributed by atoms with van der Waals surface area (Å²) in [6.07, 6.45) is 1.18. The second-order valence-corrected chi connectivity index (χ2v) is 4.91. The highest BCUT2D eigenvalue weighted by Crippen LogP contribution is 2.17. The fourth-order valence-electron chi connectivity index (χ4n) is 1.56. The summed E-state index contributed by atoms with van der Waals surface area (Å²) in [7, 11) is 0. The maximum absolute atomic E-state index is 5.70. The molecule has 0 atom stereocenters. The zero-order valence-corrected chi connectivity index (χ0v) is 11.8. The number of hydrogen-bond acceptors (Lipinski definition) is 3. The van der Waals surface area contributed by atoms with E-state index in [1.165, 1.54) is 6.42 Å². The van der Waals surface area contributed by atoms with E-state index in [4.69, 9.17) is 4.74 Å². The molecule has 0 radical (unpaired) electrons. The standard InChI is InChI=1S/C15H26N2O/c1-4-8-16-9-10-17-14-6-5-7-15(11-14)18-12-13(2)3/h5-7,11,13,16-17H,4,8-10,12H2,1-3H3. The minimum atomic E-state index is 0.555. The van der Waals surface area contributed by atoms with Crippen LogP contribution in [-0.4, -0.2) is 26.2 Å². The minimum Gasteiger partial charge on any atom is -0.493 e. The van der Waals surface area contributed by atoms with Crippen LogP contribution in [0.3, 0.4) is 0 Å². The lowest BCUT2D eigenvalue weighted by molar-refractivity contribution is 0.271. The molecule has 3 heteroatoms. The zero-order chi connectivity index (χ0) is 13.2. The first-order chi connectivity index (χ1) is 8.72. The van der Waals surface area contributed by atoms with Gasteiger partial charge in [0, 0.05) is 24.8 Å². The number of benzene rings is 1. The van der Waals surface area contributed by atoms with Crippen molar-refractivity contribution < 1.29 is 4.74 Å². The maximum Gasteiger partial charge on any atom is 0.121 e. The molecule has 0 aliphatic rings. The molecule has 0 aromatic heterocycles. The summed E-state index contributed by atoms with van der Waals surface area (Å²) in [4.78, 5) is 0. The van der Waals surface area contributed by atoms with Crippen LogP contribution in [0.1, 0.15) is 27.2 Å². The first-order valence-corrected chi connectivity index (χ1v) is 6.89. The summed E-state index contributed by atoms with van der Waals surface area (Å²) >= 11 is 0.